The van der Waals surface area contributed by atoms with Crippen molar-refractivity contribution in [2.75, 3.05) is 6.26 Å². The van der Waals surface area contributed by atoms with E-state index in [-0.39, 0.29) is 21.0 Å². The van der Waals surface area contributed by atoms with Crippen LogP contribution in [-0.2, 0) is 17.4 Å². The van der Waals surface area contributed by atoms with Crippen LogP contribution in [0, 0.1) is 5.82 Å². The van der Waals surface area contributed by atoms with Crippen LogP contribution in [0.2, 0.25) is 5.02 Å². The molecule has 1 heterocycles. The van der Waals surface area contributed by atoms with Gasteiger partial charge in [-0.2, -0.15) is 13.2 Å². The molecular weight excluding hydrogens is 361 g/mol. The first-order valence-electron chi connectivity index (χ1n) is 6.10. The SMILES string of the molecule is C[S@+]([O-])c1cncc(Cl)c1[C@@H](F)c1ccc(C(F)(F)F)c(F)c1. The fraction of sp³-hybridized carbons (Fsp3) is 0.214. The van der Waals surface area contributed by atoms with Crippen molar-refractivity contribution in [3.8, 4) is 0 Å². The molecule has 0 saturated heterocycles. The lowest BCUT2D eigenvalue weighted by Gasteiger charge is -2.16. The molecule has 0 amide bonds. The number of hydrogen-bond acceptors (Lipinski definition) is 2. The maximum atomic E-state index is 14.7. The third kappa shape index (κ3) is 3.76. The molecule has 2 nitrogen and oxygen atoms in total. The van der Waals surface area contributed by atoms with Gasteiger partial charge in [-0.05, 0) is 28.9 Å². The largest absolute Gasteiger partial charge is 0.612 e. The van der Waals surface area contributed by atoms with Gasteiger partial charge in [-0.25, -0.2) is 8.78 Å². The second-order valence-corrected chi connectivity index (χ2v) is 6.34. The summed E-state index contributed by atoms with van der Waals surface area (Å²) >= 11 is 4.22. The number of nitrogens with zero attached hydrogens (tertiary/aromatic N) is 1. The number of hydrogen-bond donors (Lipinski definition) is 0. The monoisotopic (exact) mass is 369 g/mol. The van der Waals surface area contributed by atoms with Crippen LogP contribution in [0.15, 0.2) is 35.5 Å². The highest BCUT2D eigenvalue weighted by Crippen LogP contribution is 2.38. The molecule has 0 fully saturated rings. The van der Waals surface area contributed by atoms with Gasteiger partial charge in [0, 0.05) is 6.20 Å². The molecule has 2 atom stereocenters. The molecule has 0 N–H and O–H groups in total. The lowest BCUT2D eigenvalue weighted by molar-refractivity contribution is -0.140. The van der Waals surface area contributed by atoms with E-state index in [2.05, 4.69) is 4.98 Å². The third-order valence-electron chi connectivity index (χ3n) is 3.06. The van der Waals surface area contributed by atoms with Crippen LogP contribution >= 0.6 is 11.6 Å². The minimum absolute atomic E-state index is 0.00898. The summed E-state index contributed by atoms with van der Waals surface area (Å²) in [5.74, 6) is -1.60. The molecule has 2 rings (SSSR count). The summed E-state index contributed by atoms with van der Waals surface area (Å²) in [7, 11) is 0. The van der Waals surface area contributed by atoms with Gasteiger partial charge < -0.3 is 4.55 Å². The lowest BCUT2D eigenvalue weighted by Crippen LogP contribution is -2.10. The molecule has 2 aromatic rings. The predicted molar refractivity (Wildman–Crippen MR) is 75.9 cm³/mol. The van der Waals surface area contributed by atoms with Crippen molar-refractivity contribution in [1.29, 1.82) is 0 Å². The van der Waals surface area contributed by atoms with Crippen LogP contribution in [0.4, 0.5) is 22.0 Å². The minimum Gasteiger partial charge on any atom is -0.612 e. The second-order valence-electron chi connectivity index (χ2n) is 4.59. The third-order valence-corrected chi connectivity index (χ3v) is 4.30. The van der Waals surface area contributed by atoms with Crippen molar-refractivity contribution in [3.05, 3.63) is 58.1 Å². The average Bonchev–Trinajstić information content (AvgIpc) is 2.44. The van der Waals surface area contributed by atoms with Gasteiger partial charge in [0.15, 0.2) is 11.1 Å². The molecule has 0 aliphatic heterocycles. The molecule has 9 heteroatoms. The van der Waals surface area contributed by atoms with E-state index in [0.29, 0.717) is 12.1 Å². The number of halogens is 6. The van der Waals surface area contributed by atoms with Gasteiger partial charge in [0.1, 0.15) is 12.1 Å². The Bertz CT molecular complexity index is 723. The van der Waals surface area contributed by atoms with Gasteiger partial charge in [-0.3, -0.25) is 4.98 Å². The molecule has 0 radical (unpaired) electrons. The summed E-state index contributed by atoms with van der Waals surface area (Å²) in [5.41, 5.74) is -2.06. The van der Waals surface area contributed by atoms with Crippen LogP contribution in [0.1, 0.15) is 22.9 Å². The summed E-state index contributed by atoms with van der Waals surface area (Å²) in [6, 6.07) is 1.72. The van der Waals surface area contributed by atoms with Gasteiger partial charge >= 0.3 is 6.18 Å². The zero-order valence-corrected chi connectivity index (χ0v) is 13.1. The first kappa shape index (κ1) is 18.0. The van der Waals surface area contributed by atoms with Gasteiger partial charge in [0.2, 0.25) is 0 Å². The first-order chi connectivity index (χ1) is 10.6. The zero-order chi connectivity index (χ0) is 17.4. The Kier molecular flexibility index (Phi) is 5.17. The van der Waals surface area contributed by atoms with Crippen molar-refractivity contribution < 1.29 is 26.5 Å². The van der Waals surface area contributed by atoms with Crippen molar-refractivity contribution in [3.63, 3.8) is 0 Å². The van der Waals surface area contributed by atoms with Crippen molar-refractivity contribution in [1.82, 2.24) is 4.98 Å². The number of alkyl halides is 4. The number of benzene rings is 1. The summed E-state index contributed by atoms with van der Waals surface area (Å²) in [6.07, 6.45) is -3.39. The van der Waals surface area contributed by atoms with Gasteiger partial charge in [0.25, 0.3) is 0 Å². The Balaban J connectivity index is 2.50. The summed E-state index contributed by atoms with van der Waals surface area (Å²) in [5, 5.41) is -0.148. The highest BCUT2D eigenvalue weighted by molar-refractivity contribution is 7.90. The highest BCUT2D eigenvalue weighted by Gasteiger charge is 2.35. The molecule has 0 saturated carbocycles. The Morgan fingerprint density at radius 2 is 1.91 bits per heavy atom. The Labute approximate surface area is 136 Å². The van der Waals surface area contributed by atoms with E-state index in [0.717, 1.165) is 18.5 Å². The van der Waals surface area contributed by atoms with Crippen LogP contribution in [0.5, 0.6) is 0 Å². The normalized spacial score (nSPS) is 14.6. The number of pyridine rings is 1. The van der Waals surface area contributed by atoms with Gasteiger partial charge in [0.05, 0.1) is 22.3 Å². The van der Waals surface area contributed by atoms with E-state index in [4.69, 9.17) is 11.6 Å². The lowest BCUT2D eigenvalue weighted by atomic mass is 10.0. The molecule has 0 aliphatic carbocycles. The van der Waals surface area contributed by atoms with Crippen LogP contribution < -0.4 is 0 Å². The second kappa shape index (κ2) is 6.62. The average molecular weight is 370 g/mol. The van der Waals surface area contributed by atoms with E-state index < -0.39 is 34.9 Å². The molecule has 0 spiro atoms. The number of aromatic nitrogens is 1. The number of rotatable bonds is 3. The molecular formula is C14H9ClF5NOS. The summed E-state index contributed by atoms with van der Waals surface area (Å²) in [6.45, 7) is 0. The van der Waals surface area contributed by atoms with E-state index in [1.54, 1.807) is 0 Å². The smallest absolute Gasteiger partial charge is 0.419 e. The van der Waals surface area contributed by atoms with Crippen LogP contribution in [0.3, 0.4) is 0 Å². The fourth-order valence-corrected chi connectivity index (χ4v) is 3.03. The fourth-order valence-electron chi connectivity index (χ4n) is 1.99. The van der Waals surface area contributed by atoms with E-state index >= 15 is 0 Å². The maximum Gasteiger partial charge on any atom is 0.419 e. The summed E-state index contributed by atoms with van der Waals surface area (Å²) in [4.78, 5) is 3.68. The van der Waals surface area contributed by atoms with Crippen molar-refractivity contribution >= 4 is 22.8 Å². The Hall–Kier alpha value is -1.38. The Morgan fingerprint density at radius 3 is 2.43 bits per heavy atom. The quantitative estimate of drug-likeness (QED) is 0.581. The molecule has 0 unspecified atom stereocenters. The van der Waals surface area contributed by atoms with Crippen LogP contribution in [0.25, 0.3) is 0 Å². The first-order valence-corrected chi connectivity index (χ1v) is 8.04. The Morgan fingerprint density at radius 1 is 1.26 bits per heavy atom. The van der Waals surface area contributed by atoms with Crippen molar-refractivity contribution in [2.45, 2.75) is 17.2 Å². The van der Waals surface area contributed by atoms with E-state index in [1.807, 2.05) is 0 Å². The summed E-state index contributed by atoms with van der Waals surface area (Å²) < 4.78 is 77.5. The predicted octanol–water partition coefficient (Wildman–Crippen LogP) is 4.69. The molecule has 23 heavy (non-hydrogen) atoms. The standard InChI is InChI=1S/C14H9ClF5NOS/c1-23(22)11-6-21-5-9(15)12(11)13(17)7-2-3-8(10(16)4-7)14(18,19)20/h2-6,13H,1H3/t13-,23-/m0/s1. The zero-order valence-electron chi connectivity index (χ0n) is 11.5. The molecule has 1 aromatic heterocycles. The van der Waals surface area contributed by atoms with E-state index in [1.165, 1.54) is 6.26 Å². The molecule has 124 valence electrons. The van der Waals surface area contributed by atoms with E-state index in [9.17, 15) is 26.5 Å². The topological polar surface area (TPSA) is 36.0 Å². The maximum absolute atomic E-state index is 14.7. The van der Waals surface area contributed by atoms with Crippen molar-refractivity contribution in [2.24, 2.45) is 0 Å². The van der Waals surface area contributed by atoms with Gasteiger partial charge in [-0.1, -0.05) is 17.7 Å². The van der Waals surface area contributed by atoms with Gasteiger partial charge in [-0.15, -0.1) is 0 Å². The van der Waals surface area contributed by atoms with Crippen LogP contribution in [-0.4, -0.2) is 15.8 Å². The minimum atomic E-state index is -4.88. The molecule has 0 bridgehead atoms. The highest BCUT2D eigenvalue weighted by atomic mass is 35.5. The molecule has 1 aromatic carbocycles. The molecule has 0 aliphatic rings.